The van der Waals surface area contributed by atoms with E-state index in [9.17, 15) is 9.59 Å². The van der Waals surface area contributed by atoms with Crippen LogP contribution in [0.5, 0.6) is 0 Å². The largest absolute Gasteiger partial charge is 0.476 e. The molecule has 2 heterocycles. The first-order chi connectivity index (χ1) is 11.0. The standard InChI is InChI=1S/C15H19N5O3/c1-8(2)20-7-9-4-3-5-10(12(9)19-20)14(21)17-11-6-16-18-13(11)15(22)23/h6-8,10H,3-5H2,1-2H3,(H,16,18)(H,17,21)(H,22,23). The molecule has 0 bridgehead atoms. The second-order valence-electron chi connectivity index (χ2n) is 6.01. The third-order valence-corrected chi connectivity index (χ3v) is 4.07. The monoisotopic (exact) mass is 317 g/mol. The first kappa shape index (κ1) is 15.3. The number of nitrogens with one attached hydrogen (secondary N) is 2. The fraction of sp³-hybridized carbons (Fsp3) is 0.467. The minimum Gasteiger partial charge on any atom is -0.476 e. The molecular formula is C15H19N5O3. The van der Waals surface area contributed by atoms with E-state index in [2.05, 4.69) is 20.6 Å². The molecule has 2 aromatic rings. The SMILES string of the molecule is CC(C)n1cc2c(n1)C(C(=O)Nc1cn[nH]c1C(=O)O)CCC2. The lowest BCUT2D eigenvalue weighted by atomic mass is 9.87. The molecule has 0 saturated heterocycles. The van der Waals surface area contributed by atoms with Gasteiger partial charge in [0.2, 0.25) is 5.91 Å². The van der Waals surface area contributed by atoms with E-state index in [0.29, 0.717) is 6.42 Å². The third-order valence-electron chi connectivity index (χ3n) is 4.07. The average molecular weight is 317 g/mol. The minimum absolute atomic E-state index is 0.123. The summed E-state index contributed by atoms with van der Waals surface area (Å²) in [6, 6.07) is 0.233. The Hall–Kier alpha value is -2.64. The molecule has 3 rings (SSSR count). The van der Waals surface area contributed by atoms with Crippen molar-refractivity contribution in [3.8, 4) is 0 Å². The Bertz CT molecular complexity index is 746. The van der Waals surface area contributed by atoms with E-state index >= 15 is 0 Å². The normalized spacial score (nSPS) is 17.1. The number of carbonyl (C=O) groups is 2. The molecule has 1 aliphatic rings. The zero-order valence-corrected chi connectivity index (χ0v) is 13.0. The average Bonchev–Trinajstić information content (AvgIpc) is 3.12. The van der Waals surface area contributed by atoms with Crippen LogP contribution in [0.25, 0.3) is 0 Å². The topological polar surface area (TPSA) is 113 Å². The molecule has 1 aliphatic carbocycles. The van der Waals surface area contributed by atoms with Crippen LogP contribution in [0, 0.1) is 0 Å². The summed E-state index contributed by atoms with van der Waals surface area (Å²) in [4.78, 5) is 23.7. The quantitative estimate of drug-likeness (QED) is 0.797. The molecule has 1 atom stereocenters. The molecule has 8 heteroatoms. The molecule has 0 saturated carbocycles. The van der Waals surface area contributed by atoms with Gasteiger partial charge in [-0.25, -0.2) is 4.79 Å². The van der Waals surface area contributed by atoms with Gasteiger partial charge in [-0.3, -0.25) is 14.6 Å². The number of hydrogen-bond acceptors (Lipinski definition) is 4. The molecule has 0 aliphatic heterocycles. The number of rotatable bonds is 4. The van der Waals surface area contributed by atoms with Gasteiger partial charge < -0.3 is 10.4 Å². The molecule has 0 fully saturated rings. The van der Waals surface area contributed by atoms with Crippen LogP contribution in [0.2, 0.25) is 0 Å². The Labute approximate surface area is 132 Å². The molecule has 2 aromatic heterocycles. The van der Waals surface area contributed by atoms with E-state index in [-0.39, 0.29) is 29.2 Å². The molecule has 0 radical (unpaired) electrons. The van der Waals surface area contributed by atoms with Crippen molar-refractivity contribution in [2.45, 2.75) is 45.1 Å². The Morgan fingerprint density at radius 2 is 2.26 bits per heavy atom. The predicted molar refractivity (Wildman–Crippen MR) is 82.5 cm³/mol. The second-order valence-corrected chi connectivity index (χ2v) is 6.01. The van der Waals surface area contributed by atoms with Crippen LogP contribution >= 0.6 is 0 Å². The maximum absolute atomic E-state index is 12.6. The van der Waals surface area contributed by atoms with Crippen molar-refractivity contribution in [3.05, 3.63) is 29.3 Å². The Balaban J connectivity index is 1.84. The molecule has 3 N–H and O–H groups in total. The fourth-order valence-corrected chi connectivity index (χ4v) is 2.85. The van der Waals surface area contributed by atoms with E-state index in [1.807, 2.05) is 24.7 Å². The molecule has 0 aromatic carbocycles. The van der Waals surface area contributed by atoms with Crippen LogP contribution in [0.15, 0.2) is 12.4 Å². The van der Waals surface area contributed by atoms with E-state index in [0.717, 1.165) is 24.1 Å². The summed E-state index contributed by atoms with van der Waals surface area (Å²) >= 11 is 0. The Morgan fingerprint density at radius 1 is 1.48 bits per heavy atom. The third kappa shape index (κ3) is 2.84. The number of amides is 1. The number of aromatic nitrogens is 4. The highest BCUT2D eigenvalue weighted by Gasteiger charge is 2.31. The van der Waals surface area contributed by atoms with Crippen molar-refractivity contribution in [3.63, 3.8) is 0 Å². The number of carboxylic acid groups (broad SMARTS) is 1. The summed E-state index contributed by atoms with van der Waals surface area (Å²) in [7, 11) is 0. The number of aryl methyl sites for hydroxylation is 1. The lowest BCUT2D eigenvalue weighted by molar-refractivity contribution is -0.118. The Morgan fingerprint density at radius 3 is 2.96 bits per heavy atom. The maximum atomic E-state index is 12.6. The van der Waals surface area contributed by atoms with Gasteiger partial charge in [0.05, 0.1) is 23.5 Å². The molecular weight excluding hydrogens is 298 g/mol. The first-order valence-electron chi connectivity index (χ1n) is 7.62. The number of carboxylic acids is 1. The summed E-state index contributed by atoms with van der Waals surface area (Å²) in [6.45, 7) is 4.08. The predicted octanol–water partition coefficient (Wildman–Crippen LogP) is 1.94. The maximum Gasteiger partial charge on any atom is 0.356 e. The summed E-state index contributed by atoms with van der Waals surface area (Å²) in [5, 5.41) is 22.3. The number of hydrogen-bond donors (Lipinski definition) is 3. The molecule has 23 heavy (non-hydrogen) atoms. The number of fused-ring (bicyclic) bond motifs is 1. The van der Waals surface area contributed by atoms with Crippen molar-refractivity contribution in [1.82, 2.24) is 20.0 Å². The van der Waals surface area contributed by atoms with Gasteiger partial charge in [0, 0.05) is 12.2 Å². The van der Waals surface area contributed by atoms with E-state index in [4.69, 9.17) is 5.11 Å². The van der Waals surface area contributed by atoms with Gasteiger partial charge in [0.1, 0.15) is 0 Å². The van der Waals surface area contributed by atoms with Crippen molar-refractivity contribution in [2.75, 3.05) is 5.32 Å². The zero-order chi connectivity index (χ0) is 16.6. The summed E-state index contributed by atoms with van der Waals surface area (Å²) < 4.78 is 1.87. The first-order valence-corrected chi connectivity index (χ1v) is 7.62. The molecule has 1 unspecified atom stereocenters. The van der Waals surface area contributed by atoms with Gasteiger partial charge in [-0.15, -0.1) is 0 Å². The lowest BCUT2D eigenvalue weighted by Crippen LogP contribution is -2.25. The van der Waals surface area contributed by atoms with Crippen molar-refractivity contribution in [1.29, 1.82) is 0 Å². The number of H-pyrrole nitrogens is 1. The molecule has 122 valence electrons. The van der Waals surface area contributed by atoms with Crippen molar-refractivity contribution >= 4 is 17.6 Å². The number of anilines is 1. The molecule has 0 spiro atoms. The van der Waals surface area contributed by atoms with Crippen LogP contribution in [-0.2, 0) is 11.2 Å². The van der Waals surface area contributed by atoms with Gasteiger partial charge in [-0.1, -0.05) is 0 Å². The van der Waals surface area contributed by atoms with Gasteiger partial charge in [0.25, 0.3) is 0 Å². The fourth-order valence-electron chi connectivity index (χ4n) is 2.85. The van der Waals surface area contributed by atoms with E-state index in [1.165, 1.54) is 6.20 Å². The zero-order valence-electron chi connectivity index (χ0n) is 13.0. The van der Waals surface area contributed by atoms with Crippen LogP contribution in [-0.4, -0.2) is 37.0 Å². The van der Waals surface area contributed by atoms with Gasteiger partial charge in [-0.05, 0) is 38.7 Å². The van der Waals surface area contributed by atoms with E-state index in [1.54, 1.807) is 0 Å². The highest BCUT2D eigenvalue weighted by atomic mass is 16.4. The number of nitrogens with zero attached hydrogens (tertiary/aromatic N) is 3. The number of aromatic amines is 1. The minimum atomic E-state index is -1.16. The Kier molecular flexibility index (Phi) is 3.89. The van der Waals surface area contributed by atoms with Crippen LogP contribution in [0.1, 0.15) is 60.4 Å². The van der Waals surface area contributed by atoms with Crippen LogP contribution in [0.4, 0.5) is 5.69 Å². The van der Waals surface area contributed by atoms with Gasteiger partial charge in [-0.2, -0.15) is 10.2 Å². The highest BCUT2D eigenvalue weighted by Crippen LogP contribution is 2.32. The van der Waals surface area contributed by atoms with E-state index < -0.39 is 5.97 Å². The van der Waals surface area contributed by atoms with Crippen LogP contribution in [0.3, 0.4) is 0 Å². The second kappa shape index (κ2) is 5.86. The van der Waals surface area contributed by atoms with Crippen LogP contribution < -0.4 is 5.32 Å². The van der Waals surface area contributed by atoms with Gasteiger partial charge >= 0.3 is 5.97 Å². The summed E-state index contributed by atoms with van der Waals surface area (Å²) in [5.41, 5.74) is 1.94. The van der Waals surface area contributed by atoms with Crippen molar-refractivity contribution < 1.29 is 14.7 Å². The number of carbonyl (C=O) groups excluding carboxylic acids is 1. The number of aromatic carboxylic acids is 1. The highest BCUT2D eigenvalue weighted by molar-refractivity contribution is 6.01. The summed E-state index contributed by atoms with van der Waals surface area (Å²) in [6.07, 6.45) is 5.83. The van der Waals surface area contributed by atoms with Crippen molar-refractivity contribution in [2.24, 2.45) is 0 Å². The molecule has 1 amide bonds. The smallest absolute Gasteiger partial charge is 0.356 e. The lowest BCUT2D eigenvalue weighted by Gasteiger charge is -2.20. The molecule has 8 nitrogen and oxygen atoms in total. The van der Waals surface area contributed by atoms with Gasteiger partial charge in [0.15, 0.2) is 5.69 Å². The summed E-state index contributed by atoms with van der Waals surface area (Å²) in [5.74, 6) is -1.77.